The molecule has 0 aliphatic carbocycles. The lowest BCUT2D eigenvalue weighted by molar-refractivity contribution is -0.116. The van der Waals surface area contributed by atoms with Crippen LogP contribution in [-0.2, 0) is 4.79 Å². The van der Waals surface area contributed by atoms with E-state index in [1.807, 2.05) is 23.1 Å². The lowest BCUT2D eigenvalue weighted by Gasteiger charge is -2.34. The molecule has 1 aromatic carbocycles. The number of nitrogens with zero attached hydrogens (tertiary/aromatic N) is 3. The topological polar surface area (TPSA) is 81.3 Å². The number of carbonyl (C=O) groups is 2. The van der Waals surface area contributed by atoms with Crippen LogP contribution in [0.5, 0.6) is 0 Å². The molecule has 3 amide bonds. The summed E-state index contributed by atoms with van der Waals surface area (Å²) in [7, 11) is 1.71. The van der Waals surface area contributed by atoms with Crippen LogP contribution in [-0.4, -0.2) is 40.4 Å². The second-order valence-corrected chi connectivity index (χ2v) is 6.24. The predicted octanol–water partition coefficient (Wildman–Crippen LogP) is 3.15. The van der Waals surface area contributed by atoms with Crippen LogP contribution in [0.15, 0.2) is 36.7 Å². The van der Waals surface area contributed by atoms with Crippen LogP contribution < -0.4 is 10.2 Å². The minimum absolute atomic E-state index is 0.0353. The smallest absolute Gasteiger partial charge is 0.322 e. The number of hydrogen-bond acceptors (Lipinski definition) is 3. The van der Waals surface area contributed by atoms with E-state index in [0.717, 1.165) is 30.8 Å². The molecule has 1 aromatic heterocycles. The Morgan fingerprint density at radius 3 is 2.92 bits per heavy atom. The highest BCUT2D eigenvalue weighted by Gasteiger charge is 2.29. The molecule has 2 aromatic rings. The maximum absolute atomic E-state index is 12.8. The standard InChI is InChI=1S/C18H23N5O2/c1-13(24)22(2)15-7-5-6-14(12-15)21-18(25)23-11-4-3-8-16(23)17-19-9-10-20-17/h5-7,9-10,12,16H,3-4,8,11H2,1-2H3,(H,19,20)(H,21,25). The Labute approximate surface area is 147 Å². The number of aromatic amines is 1. The molecule has 0 spiro atoms. The average molecular weight is 341 g/mol. The van der Waals surface area contributed by atoms with Gasteiger partial charge >= 0.3 is 6.03 Å². The minimum atomic E-state index is -0.149. The van der Waals surface area contributed by atoms with Crippen molar-refractivity contribution in [2.45, 2.75) is 32.2 Å². The fourth-order valence-corrected chi connectivity index (χ4v) is 3.09. The molecule has 3 rings (SSSR count). The normalized spacial score (nSPS) is 17.2. The Kier molecular flexibility index (Phi) is 5.02. The zero-order chi connectivity index (χ0) is 17.8. The van der Waals surface area contributed by atoms with Gasteiger partial charge in [-0.1, -0.05) is 6.07 Å². The van der Waals surface area contributed by atoms with Gasteiger partial charge in [0.15, 0.2) is 0 Å². The summed E-state index contributed by atoms with van der Waals surface area (Å²) in [6, 6.07) is 7.09. The highest BCUT2D eigenvalue weighted by molar-refractivity contribution is 5.93. The molecule has 1 saturated heterocycles. The highest BCUT2D eigenvalue weighted by atomic mass is 16.2. The van der Waals surface area contributed by atoms with Gasteiger partial charge in [-0.2, -0.15) is 0 Å². The predicted molar refractivity (Wildman–Crippen MR) is 96.4 cm³/mol. The molecular weight excluding hydrogens is 318 g/mol. The number of piperidine rings is 1. The molecule has 1 aliphatic rings. The zero-order valence-electron chi connectivity index (χ0n) is 14.5. The van der Waals surface area contributed by atoms with Gasteiger partial charge in [-0.05, 0) is 37.5 Å². The van der Waals surface area contributed by atoms with E-state index >= 15 is 0 Å². The fourth-order valence-electron chi connectivity index (χ4n) is 3.09. The molecule has 0 bridgehead atoms. The molecule has 2 N–H and O–H groups in total. The van der Waals surface area contributed by atoms with E-state index in [9.17, 15) is 9.59 Å². The van der Waals surface area contributed by atoms with E-state index in [0.29, 0.717) is 12.2 Å². The number of H-pyrrole nitrogens is 1. The van der Waals surface area contributed by atoms with Crippen molar-refractivity contribution in [1.29, 1.82) is 0 Å². The van der Waals surface area contributed by atoms with Gasteiger partial charge in [-0.15, -0.1) is 0 Å². The van der Waals surface area contributed by atoms with E-state index in [-0.39, 0.29) is 18.0 Å². The largest absolute Gasteiger partial charge is 0.347 e. The van der Waals surface area contributed by atoms with Crippen molar-refractivity contribution in [3.63, 3.8) is 0 Å². The summed E-state index contributed by atoms with van der Waals surface area (Å²) in [5.74, 6) is 0.761. The Morgan fingerprint density at radius 1 is 1.36 bits per heavy atom. The van der Waals surface area contributed by atoms with Crippen LogP contribution in [0.2, 0.25) is 0 Å². The molecule has 1 unspecified atom stereocenters. The fraction of sp³-hybridized carbons (Fsp3) is 0.389. The molecule has 7 heteroatoms. The van der Waals surface area contributed by atoms with Crippen LogP contribution in [0.4, 0.5) is 16.2 Å². The molecule has 1 aliphatic heterocycles. The van der Waals surface area contributed by atoms with Crippen LogP contribution >= 0.6 is 0 Å². The van der Waals surface area contributed by atoms with Gasteiger partial charge in [0.2, 0.25) is 5.91 Å². The molecule has 2 heterocycles. The molecule has 25 heavy (non-hydrogen) atoms. The average Bonchev–Trinajstić information content (AvgIpc) is 3.15. The first kappa shape index (κ1) is 17.0. The quantitative estimate of drug-likeness (QED) is 0.900. The van der Waals surface area contributed by atoms with Gasteiger partial charge < -0.3 is 20.1 Å². The number of nitrogens with one attached hydrogen (secondary N) is 2. The van der Waals surface area contributed by atoms with Crippen molar-refractivity contribution in [3.05, 3.63) is 42.5 Å². The van der Waals surface area contributed by atoms with Crippen molar-refractivity contribution >= 4 is 23.3 Å². The van der Waals surface area contributed by atoms with E-state index in [2.05, 4.69) is 15.3 Å². The molecular formula is C18H23N5O2. The molecule has 1 fully saturated rings. The Morgan fingerprint density at radius 2 is 2.20 bits per heavy atom. The zero-order valence-corrected chi connectivity index (χ0v) is 14.5. The Bertz CT molecular complexity index is 744. The van der Waals surface area contributed by atoms with Crippen LogP contribution in [0.3, 0.4) is 0 Å². The number of carbonyl (C=O) groups excluding carboxylic acids is 2. The first-order valence-corrected chi connectivity index (χ1v) is 8.47. The summed E-state index contributed by atoms with van der Waals surface area (Å²) in [6.45, 7) is 2.21. The third kappa shape index (κ3) is 3.81. The maximum Gasteiger partial charge on any atom is 0.322 e. The number of anilines is 2. The summed E-state index contributed by atoms with van der Waals surface area (Å²) in [5, 5.41) is 2.95. The molecule has 132 valence electrons. The van der Waals surface area contributed by atoms with Crippen molar-refractivity contribution < 1.29 is 9.59 Å². The summed E-state index contributed by atoms with van der Waals surface area (Å²) < 4.78 is 0. The number of aromatic nitrogens is 2. The number of imidazole rings is 1. The van der Waals surface area contributed by atoms with Crippen LogP contribution in [0.25, 0.3) is 0 Å². The van der Waals surface area contributed by atoms with Gasteiger partial charge in [0.1, 0.15) is 5.82 Å². The minimum Gasteiger partial charge on any atom is -0.347 e. The van der Waals surface area contributed by atoms with Crippen LogP contribution in [0, 0.1) is 0 Å². The van der Waals surface area contributed by atoms with Crippen molar-refractivity contribution in [1.82, 2.24) is 14.9 Å². The van der Waals surface area contributed by atoms with Crippen molar-refractivity contribution in [3.8, 4) is 0 Å². The van der Waals surface area contributed by atoms with E-state index in [1.165, 1.54) is 6.92 Å². The van der Waals surface area contributed by atoms with Gasteiger partial charge in [-0.3, -0.25) is 4.79 Å². The Hall–Kier alpha value is -2.83. The monoisotopic (exact) mass is 341 g/mol. The number of amides is 3. The number of hydrogen-bond donors (Lipinski definition) is 2. The third-order valence-corrected chi connectivity index (χ3v) is 4.56. The summed E-state index contributed by atoms with van der Waals surface area (Å²) in [4.78, 5) is 35.1. The second kappa shape index (κ2) is 7.38. The van der Waals surface area contributed by atoms with E-state index < -0.39 is 0 Å². The van der Waals surface area contributed by atoms with Gasteiger partial charge in [-0.25, -0.2) is 9.78 Å². The van der Waals surface area contributed by atoms with Gasteiger partial charge in [0, 0.05) is 44.3 Å². The third-order valence-electron chi connectivity index (χ3n) is 4.56. The summed E-state index contributed by atoms with van der Waals surface area (Å²) in [6.07, 6.45) is 6.45. The first-order valence-electron chi connectivity index (χ1n) is 8.47. The number of rotatable bonds is 3. The summed E-state index contributed by atoms with van der Waals surface area (Å²) >= 11 is 0. The number of urea groups is 1. The lowest BCUT2D eigenvalue weighted by atomic mass is 10.0. The van der Waals surface area contributed by atoms with Crippen LogP contribution in [0.1, 0.15) is 38.1 Å². The van der Waals surface area contributed by atoms with Gasteiger partial charge in [0.05, 0.1) is 6.04 Å². The highest BCUT2D eigenvalue weighted by Crippen LogP contribution is 2.29. The van der Waals surface area contributed by atoms with Crippen molar-refractivity contribution in [2.75, 3.05) is 23.8 Å². The molecule has 7 nitrogen and oxygen atoms in total. The van der Waals surface area contributed by atoms with Gasteiger partial charge in [0.25, 0.3) is 0 Å². The SMILES string of the molecule is CC(=O)N(C)c1cccc(NC(=O)N2CCCCC2c2ncc[nH]2)c1. The molecule has 0 radical (unpaired) electrons. The van der Waals surface area contributed by atoms with Crippen molar-refractivity contribution in [2.24, 2.45) is 0 Å². The molecule has 1 atom stereocenters. The lowest BCUT2D eigenvalue weighted by Crippen LogP contribution is -2.41. The first-order chi connectivity index (χ1) is 12.1. The Balaban J connectivity index is 1.75. The number of likely N-dealkylation sites (tertiary alicyclic amines) is 1. The number of benzene rings is 1. The maximum atomic E-state index is 12.8. The van der Waals surface area contributed by atoms with E-state index in [4.69, 9.17) is 0 Å². The second-order valence-electron chi connectivity index (χ2n) is 6.24. The molecule has 0 saturated carbocycles. The summed E-state index contributed by atoms with van der Waals surface area (Å²) in [5.41, 5.74) is 1.41. The van der Waals surface area contributed by atoms with E-state index in [1.54, 1.807) is 30.4 Å².